The summed E-state index contributed by atoms with van der Waals surface area (Å²) in [5.41, 5.74) is 4.29. The van der Waals surface area contributed by atoms with Crippen LogP contribution in [0.3, 0.4) is 0 Å². The Balaban J connectivity index is 1.57. The molecule has 0 fully saturated rings. The standard InChI is InChI=1S/C22H25NO3/c1-3-16-4-6-18(7-5-16)21(24)10-11-22(25)23-13-12-17-8-9-20(26-2)14-19(17)15-23/h4-9,14H,3,10-13,15H2,1-2H3. The number of ketones is 1. The largest absolute Gasteiger partial charge is 0.497 e. The van der Waals surface area contributed by atoms with Crippen LogP contribution in [0, 0.1) is 0 Å². The van der Waals surface area contributed by atoms with Crippen LogP contribution in [-0.2, 0) is 24.2 Å². The second-order valence-electron chi connectivity index (χ2n) is 6.67. The van der Waals surface area contributed by atoms with Crippen LogP contribution in [0.4, 0.5) is 0 Å². The van der Waals surface area contributed by atoms with Crippen molar-refractivity contribution in [1.82, 2.24) is 4.90 Å². The average Bonchev–Trinajstić information content (AvgIpc) is 2.70. The molecule has 0 aromatic heterocycles. The molecule has 2 aromatic rings. The molecule has 0 atom stereocenters. The number of aryl methyl sites for hydroxylation is 1. The van der Waals surface area contributed by atoms with Crippen molar-refractivity contribution in [3.8, 4) is 5.75 Å². The van der Waals surface area contributed by atoms with Gasteiger partial charge in [-0.3, -0.25) is 9.59 Å². The fraction of sp³-hybridized carbons (Fsp3) is 0.364. The van der Waals surface area contributed by atoms with Crippen LogP contribution in [0.15, 0.2) is 42.5 Å². The zero-order valence-corrected chi connectivity index (χ0v) is 15.5. The monoisotopic (exact) mass is 351 g/mol. The number of hydrogen-bond donors (Lipinski definition) is 0. The van der Waals surface area contributed by atoms with Crippen LogP contribution in [0.5, 0.6) is 5.75 Å². The second kappa shape index (κ2) is 8.17. The maximum atomic E-state index is 12.5. The second-order valence-corrected chi connectivity index (χ2v) is 6.67. The predicted octanol–water partition coefficient (Wildman–Crippen LogP) is 3.81. The molecule has 1 heterocycles. The molecular weight excluding hydrogens is 326 g/mol. The highest BCUT2D eigenvalue weighted by molar-refractivity contribution is 5.98. The maximum Gasteiger partial charge on any atom is 0.223 e. The first-order valence-corrected chi connectivity index (χ1v) is 9.16. The quantitative estimate of drug-likeness (QED) is 0.744. The molecule has 4 heteroatoms. The minimum Gasteiger partial charge on any atom is -0.497 e. The number of amides is 1. The van der Waals surface area contributed by atoms with E-state index in [-0.39, 0.29) is 24.5 Å². The van der Waals surface area contributed by atoms with Crippen molar-refractivity contribution in [3.63, 3.8) is 0 Å². The van der Waals surface area contributed by atoms with Gasteiger partial charge < -0.3 is 9.64 Å². The highest BCUT2D eigenvalue weighted by Crippen LogP contribution is 2.24. The van der Waals surface area contributed by atoms with Crippen LogP contribution < -0.4 is 4.74 Å². The van der Waals surface area contributed by atoms with Gasteiger partial charge in [-0.05, 0) is 41.7 Å². The smallest absolute Gasteiger partial charge is 0.223 e. The molecule has 0 N–H and O–H groups in total. The first-order valence-electron chi connectivity index (χ1n) is 9.16. The fourth-order valence-electron chi connectivity index (χ4n) is 3.32. The number of hydrogen-bond acceptors (Lipinski definition) is 3. The third kappa shape index (κ3) is 4.13. The first kappa shape index (κ1) is 18.2. The molecule has 2 aromatic carbocycles. The Morgan fingerprint density at radius 2 is 1.81 bits per heavy atom. The molecule has 1 aliphatic heterocycles. The van der Waals surface area contributed by atoms with Crippen molar-refractivity contribution in [3.05, 3.63) is 64.7 Å². The van der Waals surface area contributed by atoms with E-state index in [1.165, 1.54) is 11.1 Å². The number of ether oxygens (including phenoxy) is 1. The van der Waals surface area contributed by atoms with Gasteiger partial charge in [0.05, 0.1) is 7.11 Å². The van der Waals surface area contributed by atoms with Crippen LogP contribution in [0.2, 0.25) is 0 Å². The van der Waals surface area contributed by atoms with Gasteiger partial charge in [0.1, 0.15) is 5.75 Å². The number of benzene rings is 2. The van der Waals surface area contributed by atoms with Crippen molar-refractivity contribution in [1.29, 1.82) is 0 Å². The van der Waals surface area contributed by atoms with Crippen LogP contribution >= 0.6 is 0 Å². The van der Waals surface area contributed by atoms with E-state index >= 15 is 0 Å². The Hall–Kier alpha value is -2.62. The van der Waals surface area contributed by atoms with Gasteiger partial charge in [0, 0.05) is 31.5 Å². The molecule has 136 valence electrons. The topological polar surface area (TPSA) is 46.6 Å². The zero-order chi connectivity index (χ0) is 18.5. The SMILES string of the molecule is CCc1ccc(C(=O)CCC(=O)N2CCc3ccc(OC)cc3C2)cc1. The number of nitrogens with zero attached hydrogens (tertiary/aromatic N) is 1. The normalized spacial score (nSPS) is 13.2. The molecule has 0 aliphatic carbocycles. The summed E-state index contributed by atoms with van der Waals surface area (Å²) in [6, 6.07) is 13.7. The minimum atomic E-state index is 0.0279. The molecule has 1 amide bonds. The van der Waals surface area contributed by atoms with E-state index in [9.17, 15) is 9.59 Å². The fourth-order valence-corrected chi connectivity index (χ4v) is 3.32. The molecule has 0 saturated carbocycles. The maximum absolute atomic E-state index is 12.5. The van der Waals surface area contributed by atoms with E-state index in [2.05, 4.69) is 13.0 Å². The number of methoxy groups -OCH3 is 1. The van der Waals surface area contributed by atoms with Gasteiger partial charge in [-0.25, -0.2) is 0 Å². The molecule has 26 heavy (non-hydrogen) atoms. The van der Waals surface area contributed by atoms with Crippen LogP contribution in [0.1, 0.15) is 46.8 Å². The lowest BCUT2D eigenvalue weighted by atomic mass is 9.98. The molecule has 3 rings (SSSR count). The summed E-state index contributed by atoms with van der Waals surface area (Å²) >= 11 is 0. The Morgan fingerprint density at radius 1 is 1.04 bits per heavy atom. The lowest BCUT2D eigenvalue weighted by Crippen LogP contribution is -2.36. The third-order valence-electron chi connectivity index (χ3n) is 5.03. The number of fused-ring (bicyclic) bond motifs is 1. The Labute approximate surface area is 154 Å². The number of rotatable bonds is 6. The molecule has 0 spiro atoms. The van der Waals surface area contributed by atoms with Crippen molar-refractivity contribution >= 4 is 11.7 Å². The Bertz CT molecular complexity index is 796. The predicted molar refractivity (Wildman–Crippen MR) is 101 cm³/mol. The lowest BCUT2D eigenvalue weighted by Gasteiger charge is -2.29. The zero-order valence-electron chi connectivity index (χ0n) is 15.5. The Kier molecular flexibility index (Phi) is 5.71. The summed E-state index contributed by atoms with van der Waals surface area (Å²) in [6.07, 6.45) is 2.31. The summed E-state index contributed by atoms with van der Waals surface area (Å²) in [7, 11) is 1.64. The van der Waals surface area contributed by atoms with E-state index in [1.54, 1.807) is 7.11 Å². The highest BCUT2D eigenvalue weighted by Gasteiger charge is 2.21. The molecule has 4 nitrogen and oxygen atoms in total. The first-order chi connectivity index (χ1) is 12.6. The van der Waals surface area contributed by atoms with Gasteiger partial charge in [-0.1, -0.05) is 37.3 Å². The summed E-state index contributed by atoms with van der Waals surface area (Å²) in [5.74, 6) is 0.876. The van der Waals surface area contributed by atoms with Gasteiger partial charge in [-0.2, -0.15) is 0 Å². The number of Topliss-reactive ketones (excluding diaryl/α,β-unsaturated/α-hetero) is 1. The van der Waals surface area contributed by atoms with Gasteiger partial charge >= 0.3 is 0 Å². The van der Waals surface area contributed by atoms with Crippen molar-refractivity contribution in [2.24, 2.45) is 0 Å². The Morgan fingerprint density at radius 3 is 2.50 bits per heavy atom. The van der Waals surface area contributed by atoms with Gasteiger partial charge in [0.2, 0.25) is 5.91 Å². The minimum absolute atomic E-state index is 0.0279. The van der Waals surface area contributed by atoms with Gasteiger partial charge in [-0.15, -0.1) is 0 Å². The lowest BCUT2D eigenvalue weighted by molar-refractivity contribution is -0.132. The average molecular weight is 351 g/mol. The summed E-state index contributed by atoms with van der Waals surface area (Å²) in [4.78, 5) is 26.7. The van der Waals surface area contributed by atoms with E-state index in [4.69, 9.17) is 4.74 Å². The summed E-state index contributed by atoms with van der Waals surface area (Å²) in [5, 5.41) is 0. The van der Waals surface area contributed by atoms with E-state index in [1.807, 2.05) is 41.3 Å². The van der Waals surface area contributed by atoms with Crippen LogP contribution in [-0.4, -0.2) is 30.2 Å². The molecule has 0 saturated heterocycles. The highest BCUT2D eigenvalue weighted by atomic mass is 16.5. The summed E-state index contributed by atoms with van der Waals surface area (Å²) < 4.78 is 5.27. The molecule has 0 radical (unpaired) electrons. The van der Waals surface area contributed by atoms with Crippen molar-refractivity contribution < 1.29 is 14.3 Å². The van der Waals surface area contributed by atoms with E-state index in [0.717, 1.165) is 24.2 Å². The summed E-state index contributed by atoms with van der Waals surface area (Å²) in [6.45, 7) is 3.38. The molecule has 0 bridgehead atoms. The molecule has 0 unspecified atom stereocenters. The number of carbonyl (C=O) groups excluding carboxylic acids is 2. The van der Waals surface area contributed by atoms with Gasteiger partial charge in [0.15, 0.2) is 5.78 Å². The van der Waals surface area contributed by atoms with E-state index in [0.29, 0.717) is 18.7 Å². The van der Waals surface area contributed by atoms with Crippen molar-refractivity contribution in [2.75, 3.05) is 13.7 Å². The van der Waals surface area contributed by atoms with Gasteiger partial charge in [0.25, 0.3) is 0 Å². The number of carbonyl (C=O) groups is 2. The van der Waals surface area contributed by atoms with Crippen LogP contribution in [0.25, 0.3) is 0 Å². The third-order valence-corrected chi connectivity index (χ3v) is 5.03. The van der Waals surface area contributed by atoms with E-state index < -0.39 is 0 Å². The molecular formula is C22H25NO3. The van der Waals surface area contributed by atoms with Crippen molar-refractivity contribution in [2.45, 2.75) is 39.2 Å². The molecule has 1 aliphatic rings.